The van der Waals surface area contributed by atoms with Crippen LogP contribution < -0.4 is 4.74 Å². The molecule has 2 heterocycles. The van der Waals surface area contributed by atoms with Gasteiger partial charge in [0.25, 0.3) is 0 Å². The summed E-state index contributed by atoms with van der Waals surface area (Å²) in [7, 11) is 1.38. The number of aryl methyl sites for hydroxylation is 2. The standard InChI is InChI=1S/C17H16N2O3S/c1-10-11(2)23-17-15(10)16(18-9-19-17)22-13-6-4-12(5-7-13)8-14(20)21-3/h4-7,9H,8H2,1-3H3. The van der Waals surface area contributed by atoms with Crippen LogP contribution in [0, 0.1) is 13.8 Å². The minimum absolute atomic E-state index is 0.247. The number of methoxy groups -OCH3 is 1. The van der Waals surface area contributed by atoms with Crippen molar-refractivity contribution in [1.29, 1.82) is 0 Å². The van der Waals surface area contributed by atoms with E-state index in [9.17, 15) is 4.79 Å². The Bertz CT molecular complexity index is 856. The highest BCUT2D eigenvalue weighted by molar-refractivity contribution is 7.18. The smallest absolute Gasteiger partial charge is 0.309 e. The van der Waals surface area contributed by atoms with E-state index in [2.05, 4.69) is 21.6 Å². The maximum Gasteiger partial charge on any atom is 0.309 e. The Morgan fingerprint density at radius 2 is 1.91 bits per heavy atom. The summed E-state index contributed by atoms with van der Waals surface area (Å²) in [6.45, 7) is 4.11. The number of hydrogen-bond donors (Lipinski definition) is 0. The molecule has 0 aliphatic heterocycles. The van der Waals surface area contributed by atoms with Crippen LogP contribution in [0.3, 0.4) is 0 Å². The first kappa shape index (κ1) is 15.4. The zero-order chi connectivity index (χ0) is 16.4. The van der Waals surface area contributed by atoms with Crippen LogP contribution in [0.1, 0.15) is 16.0 Å². The van der Waals surface area contributed by atoms with Crippen molar-refractivity contribution < 1.29 is 14.3 Å². The van der Waals surface area contributed by atoms with Gasteiger partial charge in [-0.25, -0.2) is 9.97 Å². The molecule has 0 saturated carbocycles. The van der Waals surface area contributed by atoms with Crippen molar-refractivity contribution in [3.8, 4) is 11.6 Å². The highest BCUT2D eigenvalue weighted by Crippen LogP contribution is 2.35. The summed E-state index contributed by atoms with van der Waals surface area (Å²) in [5, 5.41) is 0.952. The Labute approximate surface area is 137 Å². The van der Waals surface area contributed by atoms with Gasteiger partial charge in [0.2, 0.25) is 5.88 Å². The molecule has 3 aromatic rings. The molecule has 0 atom stereocenters. The summed E-state index contributed by atoms with van der Waals surface area (Å²) in [6, 6.07) is 7.33. The third kappa shape index (κ3) is 3.17. The molecule has 23 heavy (non-hydrogen) atoms. The molecule has 0 unspecified atom stereocenters. The van der Waals surface area contributed by atoms with Gasteiger partial charge in [-0.15, -0.1) is 11.3 Å². The summed E-state index contributed by atoms with van der Waals surface area (Å²) in [4.78, 5) is 22.0. The first-order chi connectivity index (χ1) is 11.1. The molecular weight excluding hydrogens is 312 g/mol. The van der Waals surface area contributed by atoms with Crippen molar-refractivity contribution in [2.24, 2.45) is 0 Å². The lowest BCUT2D eigenvalue weighted by Crippen LogP contribution is -2.04. The maximum absolute atomic E-state index is 11.3. The van der Waals surface area contributed by atoms with E-state index in [1.165, 1.54) is 18.3 Å². The van der Waals surface area contributed by atoms with E-state index in [0.29, 0.717) is 11.6 Å². The number of rotatable bonds is 4. The second kappa shape index (κ2) is 6.34. The normalized spacial score (nSPS) is 10.7. The van der Waals surface area contributed by atoms with E-state index in [4.69, 9.17) is 4.74 Å². The first-order valence-corrected chi connectivity index (χ1v) is 7.94. The van der Waals surface area contributed by atoms with E-state index < -0.39 is 0 Å². The quantitative estimate of drug-likeness (QED) is 0.681. The summed E-state index contributed by atoms with van der Waals surface area (Å²) >= 11 is 1.63. The van der Waals surface area contributed by atoms with E-state index in [-0.39, 0.29) is 12.4 Å². The average Bonchev–Trinajstić information content (AvgIpc) is 2.85. The van der Waals surface area contributed by atoms with Crippen LogP contribution in [0.15, 0.2) is 30.6 Å². The van der Waals surface area contributed by atoms with Gasteiger partial charge in [0.15, 0.2) is 0 Å². The predicted octanol–water partition coefficient (Wildman–Crippen LogP) is 3.82. The molecule has 2 aromatic heterocycles. The second-order valence-corrected chi connectivity index (χ2v) is 6.34. The molecule has 0 amide bonds. The minimum Gasteiger partial charge on any atom is -0.469 e. The monoisotopic (exact) mass is 328 g/mol. The Balaban J connectivity index is 1.86. The fourth-order valence-electron chi connectivity index (χ4n) is 2.25. The molecule has 0 saturated heterocycles. The highest BCUT2D eigenvalue weighted by atomic mass is 32.1. The molecule has 5 nitrogen and oxygen atoms in total. The third-order valence-electron chi connectivity index (χ3n) is 3.64. The van der Waals surface area contributed by atoms with Gasteiger partial charge in [-0.3, -0.25) is 4.79 Å². The van der Waals surface area contributed by atoms with Gasteiger partial charge in [-0.05, 0) is 37.1 Å². The molecule has 118 valence electrons. The number of hydrogen-bond acceptors (Lipinski definition) is 6. The Morgan fingerprint density at radius 1 is 1.17 bits per heavy atom. The number of thiophene rings is 1. The number of carbonyl (C=O) groups excluding carboxylic acids is 1. The van der Waals surface area contributed by atoms with E-state index in [1.54, 1.807) is 11.3 Å². The van der Waals surface area contributed by atoms with Gasteiger partial charge in [-0.1, -0.05) is 12.1 Å². The molecular formula is C17H16N2O3S. The topological polar surface area (TPSA) is 61.3 Å². The van der Waals surface area contributed by atoms with Gasteiger partial charge in [0, 0.05) is 4.88 Å². The minimum atomic E-state index is -0.263. The maximum atomic E-state index is 11.3. The van der Waals surface area contributed by atoms with Crippen LogP contribution in [0.25, 0.3) is 10.2 Å². The van der Waals surface area contributed by atoms with Gasteiger partial charge in [0.05, 0.1) is 18.9 Å². The molecule has 0 aliphatic carbocycles. The summed E-state index contributed by atoms with van der Waals surface area (Å²) in [5.74, 6) is 0.958. The fraction of sp³-hybridized carbons (Fsp3) is 0.235. The van der Waals surface area contributed by atoms with Crippen molar-refractivity contribution in [2.75, 3.05) is 7.11 Å². The summed E-state index contributed by atoms with van der Waals surface area (Å²) < 4.78 is 10.6. The van der Waals surface area contributed by atoms with Gasteiger partial charge in [0.1, 0.15) is 16.9 Å². The Kier molecular flexibility index (Phi) is 4.25. The molecule has 0 N–H and O–H groups in total. The lowest BCUT2D eigenvalue weighted by atomic mass is 10.1. The molecule has 1 aromatic carbocycles. The number of carbonyl (C=O) groups is 1. The SMILES string of the molecule is COC(=O)Cc1ccc(Oc2ncnc3sc(C)c(C)c23)cc1. The molecule has 0 fully saturated rings. The molecule has 0 aliphatic rings. The highest BCUT2D eigenvalue weighted by Gasteiger charge is 2.13. The van der Waals surface area contributed by atoms with Crippen LogP contribution in [0.4, 0.5) is 0 Å². The van der Waals surface area contributed by atoms with Crippen LogP contribution >= 0.6 is 11.3 Å². The van der Waals surface area contributed by atoms with Crippen LogP contribution in [0.5, 0.6) is 11.6 Å². The summed E-state index contributed by atoms with van der Waals surface area (Å²) in [5.41, 5.74) is 2.02. The molecule has 0 spiro atoms. The molecule has 0 bridgehead atoms. The van der Waals surface area contributed by atoms with Crippen LogP contribution in [-0.4, -0.2) is 23.0 Å². The number of fused-ring (bicyclic) bond motifs is 1. The number of nitrogens with zero attached hydrogens (tertiary/aromatic N) is 2. The third-order valence-corrected chi connectivity index (χ3v) is 4.76. The van der Waals surface area contributed by atoms with Gasteiger partial charge < -0.3 is 9.47 Å². The lowest BCUT2D eigenvalue weighted by molar-refractivity contribution is -0.139. The van der Waals surface area contributed by atoms with E-state index in [0.717, 1.165) is 21.3 Å². The van der Waals surface area contributed by atoms with E-state index in [1.807, 2.05) is 31.2 Å². The Morgan fingerprint density at radius 3 is 2.61 bits per heavy atom. The average molecular weight is 328 g/mol. The van der Waals surface area contributed by atoms with Gasteiger partial charge in [-0.2, -0.15) is 0 Å². The van der Waals surface area contributed by atoms with Crippen molar-refractivity contribution in [3.05, 3.63) is 46.6 Å². The van der Waals surface area contributed by atoms with E-state index >= 15 is 0 Å². The molecule has 3 rings (SSSR count). The number of ether oxygens (including phenoxy) is 2. The lowest BCUT2D eigenvalue weighted by Gasteiger charge is -2.07. The largest absolute Gasteiger partial charge is 0.469 e. The second-order valence-electron chi connectivity index (χ2n) is 5.14. The summed E-state index contributed by atoms with van der Waals surface area (Å²) in [6.07, 6.45) is 1.76. The predicted molar refractivity (Wildman–Crippen MR) is 89.1 cm³/mol. The van der Waals surface area contributed by atoms with Crippen molar-refractivity contribution in [3.63, 3.8) is 0 Å². The van der Waals surface area contributed by atoms with Gasteiger partial charge >= 0.3 is 5.97 Å². The number of benzene rings is 1. The Hall–Kier alpha value is -2.47. The van der Waals surface area contributed by atoms with Crippen LogP contribution in [0.2, 0.25) is 0 Å². The molecule has 0 radical (unpaired) electrons. The zero-order valence-corrected chi connectivity index (χ0v) is 13.9. The fourth-order valence-corrected chi connectivity index (χ4v) is 3.24. The van der Waals surface area contributed by atoms with Crippen molar-refractivity contribution in [1.82, 2.24) is 9.97 Å². The van der Waals surface area contributed by atoms with Crippen molar-refractivity contribution >= 4 is 27.5 Å². The zero-order valence-electron chi connectivity index (χ0n) is 13.1. The van der Waals surface area contributed by atoms with Crippen LogP contribution in [-0.2, 0) is 16.0 Å². The van der Waals surface area contributed by atoms with Crippen molar-refractivity contribution in [2.45, 2.75) is 20.3 Å². The number of esters is 1. The first-order valence-electron chi connectivity index (χ1n) is 7.13. The number of aromatic nitrogens is 2. The molecule has 6 heteroatoms.